The molecule has 0 aromatic carbocycles. The summed E-state index contributed by atoms with van der Waals surface area (Å²) in [6, 6.07) is 5.63. The Labute approximate surface area is 82.2 Å². The van der Waals surface area contributed by atoms with Gasteiger partial charge in [-0.2, -0.15) is 5.26 Å². The van der Waals surface area contributed by atoms with Gasteiger partial charge in [-0.15, -0.1) is 0 Å². The largest absolute Gasteiger partial charge is 0.240 e. The van der Waals surface area contributed by atoms with E-state index in [1.165, 1.54) is 12.8 Å². The number of nitriles is 1. The molecule has 13 heavy (non-hydrogen) atoms. The van der Waals surface area contributed by atoms with Crippen LogP contribution in [-0.2, 0) is 6.42 Å². The lowest BCUT2D eigenvalue weighted by molar-refractivity contribution is 0.804. The minimum absolute atomic E-state index is 0.334. The van der Waals surface area contributed by atoms with Crippen molar-refractivity contribution in [2.75, 3.05) is 0 Å². The van der Waals surface area contributed by atoms with E-state index >= 15 is 0 Å². The molecule has 1 aromatic rings. The Bertz CT molecular complexity index is 364. The molecule has 1 aromatic heterocycles. The Morgan fingerprint density at radius 1 is 1.54 bits per heavy atom. The summed E-state index contributed by atoms with van der Waals surface area (Å²) in [5.41, 5.74) is 1.47. The van der Waals surface area contributed by atoms with Crippen LogP contribution in [0.4, 0.5) is 0 Å². The van der Waals surface area contributed by atoms with Crippen molar-refractivity contribution in [1.29, 1.82) is 5.26 Å². The Balaban J connectivity index is 2.19. The van der Waals surface area contributed by atoms with Crippen molar-refractivity contribution in [3.05, 3.63) is 28.5 Å². The van der Waals surface area contributed by atoms with Gasteiger partial charge in [0, 0.05) is 5.69 Å². The lowest BCUT2D eigenvalue weighted by Crippen LogP contribution is -1.93. The smallest absolute Gasteiger partial charge is 0.147 e. The van der Waals surface area contributed by atoms with E-state index in [2.05, 4.69) is 4.98 Å². The maximum atomic E-state index is 8.63. The summed E-state index contributed by atoms with van der Waals surface area (Å²) in [6.45, 7) is 0. The highest BCUT2D eigenvalue weighted by Crippen LogP contribution is 2.32. The minimum atomic E-state index is 0.334. The number of pyridine rings is 1. The molecular formula is C10H9ClN2. The number of hydrogen-bond donors (Lipinski definition) is 0. The van der Waals surface area contributed by atoms with Gasteiger partial charge in [0.2, 0.25) is 0 Å². The molecule has 1 saturated carbocycles. The fraction of sp³-hybridized carbons (Fsp3) is 0.400. The molecule has 3 heteroatoms. The van der Waals surface area contributed by atoms with Crippen molar-refractivity contribution < 1.29 is 0 Å². The summed E-state index contributed by atoms with van der Waals surface area (Å²) in [5.74, 6) is 0.802. The lowest BCUT2D eigenvalue weighted by Gasteiger charge is -1.99. The van der Waals surface area contributed by atoms with Gasteiger partial charge in [0.15, 0.2) is 0 Å². The van der Waals surface area contributed by atoms with Crippen molar-refractivity contribution in [3.8, 4) is 6.07 Å². The zero-order valence-electron chi connectivity index (χ0n) is 7.13. The SMILES string of the molecule is N#Cc1ccc(CC2CC2)nc1Cl. The second kappa shape index (κ2) is 3.35. The van der Waals surface area contributed by atoms with Crippen molar-refractivity contribution >= 4 is 11.6 Å². The fourth-order valence-corrected chi connectivity index (χ4v) is 1.50. The van der Waals surface area contributed by atoms with Crippen LogP contribution >= 0.6 is 11.6 Å². The topological polar surface area (TPSA) is 36.7 Å². The van der Waals surface area contributed by atoms with E-state index in [-0.39, 0.29) is 0 Å². The molecule has 66 valence electrons. The summed E-state index contributed by atoms with van der Waals surface area (Å²) in [5, 5.41) is 8.96. The summed E-state index contributed by atoms with van der Waals surface area (Å²) in [6.07, 6.45) is 3.62. The predicted octanol–water partition coefficient (Wildman–Crippen LogP) is 2.56. The summed E-state index contributed by atoms with van der Waals surface area (Å²) in [7, 11) is 0. The zero-order valence-corrected chi connectivity index (χ0v) is 7.88. The van der Waals surface area contributed by atoms with Crippen LogP contribution in [0.5, 0.6) is 0 Å². The Morgan fingerprint density at radius 2 is 2.31 bits per heavy atom. The lowest BCUT2D eigenvalue weighted by atomic mass is 10.2. The molecule has 2 rings (SSSR count). The van der Waals surface area contributed by atoms with Crippen LogP contribution in [0.15, 0.2) is 12.1 Å². The van der Waals surface area contributed by atoms with Crippen molar-refractivity contribution in [1.82, 2.24) is 4.98 Å². The molecule has 0 aliphatic heterocycles. The van der Waals surface area contributed by atoms with Crippen LogP contribution in [0.3, 0.4) is 0 Å². The highest BCUT2D eigenvalue weighted by atomic mass is 35.5. The number of rotatable bonds is 2. The van der Waals surface area contributed by atoms with Crippen molar-refractivity contribution in [2.24, 2.45) is 5.92 Å². The van der Waals surface area contributed by atoms with E-state index in [1.54, 1.807) is 6.07 Å². The van der Waals surface area contributed by atoms with E-state index in [4.69, 9.17) is 16.9 Å². The molecule has 1 aliphatic carbocycles. The van der Waals surface area contributed by atoms with Gasteiger partial charge >= 0.3 is 0 Å². The number of halogens is 1. The normalized spacial score (nSPS) is 15.4. The molecule has 0 N–H and O–H groups in total. The van der Waals surface area contributed by atoms with Crippen LogP contribution in [0, 0.1) is 17.2 Å². The first-order chi connectivity index (χ1) is 6.29. The summed E-state index contributed by atoms with van der Waals surface area (Å²) < 4.78 is 0. The van der Waals surface area contributed by atoms with Gasteiger partial charge in [-0.25, -0.2) is 4.98 Å². The molecule has 0 saturated heterocycles. The van der Waals surface area contributed by atoms with E-state index in [0.29, 0.717) is 10.7 Å². The van der Waals surface area contributed by atoms with Crippen LogP contribution in [0.1, 0.15) is 24.1 Å². The highest BCUT2D eigenvalue weighted by Gasteiger charge is 2.22. The van der Waals surface area contributed by atoms with E-state index in [1.807, 2.05) is 12.1 Å². The van der Waals surface area contributed by atoms with Crippen LogP contribution in [-0.4, -0.2) is 4.98 Å². The van der Waals surface area contributed by atoms with Gasteiger partial charge in [0.25, 0.3) is 0 Å². The van der Waals surface area contributed by atoms with Gasteiger partial charge in [0.05, 0.1) is 5.56 Å². The first-order valence-corrected chi connectivity index (χ1v) is 4.73. The number of nitrogens with zero attached hydrogens (tertiary/aromatic N) is 2. The third kappa shape index (κ3) is 1.99. The molecule has 0 spiro atoms. The molecule has 0 bridgehead atoms. The maximum Gasteiger partial charge on any atom is 0.147 e. The molecule has 0 unspecified atom stereocenters. The zero-order chi connectivity index (χ0) is 9.26. The van der Waals surface area contributed by atoms with Gasteiger partial charge in [0.1, 0.15) is 11.2 Å². The average molecular weight is 193 g/mol. The maximum absolute atomic E-state index is 8.63. The number of aromatic nitrogens is 1. The molecule has 0 amide bonds. The fourth-order valence-electron chi connectivity index (χ4n) is 1.29. The van der Waals surface area contributed by atoms with Gasteiger partial charge in [-0.1, -0.05) is 11.6 Å². The molecular weight excluding hydrogens is 184 g/mol. The highest BCUT2D eigenvalue weighted by molar-refractivity contribution is 6.30. The summed E-state index contributed by atoms with van der Waals surface area (Å²) >= 11 is 5.80. The molecule has 1 aliphatic rings. The Hall–Kier alpha value is -1.07. The predicted molar refractivity (Wildman–Crippen MR) is 50.4 cm³/mol. The average Bonchev–Trinajstić information content (AvgIpc) is 2.89. The summed E-state index contributed by atoms with van der Waals surface area (Å²) in [4.78, 5) is 4.17. The van der Waals surface area contributed by atoms with Crippen LogP contribution in [0.25, 0.3) is 0 Å². The van der Waals surface area contributed by atoms with Crippen LogP contribution < -0.4 is 0 Å². The van der Waals surface area contributed by atoms with Gasteiger partial charge in [-0.3, -0.25) is 0 Å². The number of hydrogen-bond acceptors (Lipinski definition) is 2. The Kier molecular flexibility index (Phi) is 2.20. The quantitative estimate of drug-likeness (QED) is 0.676. The first-order valence-electron chi connectivity index (χ1n) is 4.35. The molecule has 0 radical (unpaired) electrons. The third-order valence-corrected chi connectivity index (χ3v) is 2.51. The Morgan fingerprint density at radius 3 is 2.85 bits per heavy atom. The molecule has 1 fully saturated rings. The van der Waals surface area contributed by atoms with E-state index < -0.39 is 0 Å². The molecule has 1 heterocycles. The van der Waals surface area contributed by atoms with E-state index in [9.17, 15) is 0 Å². The molecule has 0 atom stereocenters. The minimum Gasteiger partial charge on any atom is -0.240 e. The van der Waals surface area contributed by atoms with Crippen LogP contribution in [0.2, 0.25) is 5.15 Å². The van der Waals surface area contributed by atoms with E-state index in [0.717, 1.165) is 18.0 Å². The molecule has 2 nitrogen and oxygen atoms in total. The second-order valence-electron chi connectivity index (χ2n) is 3.40. The van der Waals surface area contributed by atoms with Crippen molar-refractivity contribution in [3.63, 3.8) is 0 Å². The van der Waals surface area contributed by atoms with Gasteiger partial charge < -0.3 is 0 Å². The van der Waals surface area contributed by atoms with Crippen molar-refractivity contribution in [2.45, 2.75) is 19.3 Å². The third-order valence-electron chi connectivity index (χ3n) is 2.22. The standard InChI is InChI=1S/C10H9ClN2/c11-10-8(6-12)3-4-9(13-10)5-7-1-2-7/h3-4,7H,1-2,5H2. The second-order valence-corrected chi connectivity index (χ2v) is 3.76. The monoisotopic (exact) mass is 192 g/mol. The first kappa shape index (κ1) is 8.52. The van der Waals surface area contributed by atoms with Gasteiger partial charge in [-0.05, 0) is 37.3 Å².